The van der Waals surface area contributed by atoms with Gasteiger partial charge >= 0.3 is 0 Å². The van der Waals surface area contributed by atoms with Crippen molar-refractivity contribution in [3.63, 3.8) is 0 Å². The summed E-state index contributed by atoms with van der Waals surface area (Å²) in [5, 5.41) is 5.64. The zero-order chi connectivity index (χ0) is 25.7. The monoisotopic (exact) mass is 525 g/mol. The molecule has 8 heteroatoms. The molecule has 7 nitrogen and oxygen atoms in total. The summed E-state index contributed by atoms with van der Waals surface area (Å²) in [5.74, 6) is 4.82. The molecule has 1 heterocycles. The molecule has 1 N–H and O–H groups in total. The summed E-state index contributed by atoms with van der Waals surface area (Å²) in [6.45, 7) is 3.60. The highest BCUT2D eigenvalue weighted by atomic mass is 35.5. The molecule has 1 aliphatic rings. The summed E-state index contributed by atoms with van der Waals surface area (Å²) in [7, 11) is 7.31. The van der Waals surface area contributed by atoms with Gasteiger partial charge in [0.1, 0.15) is 18.1 Å². The van der Waals surface area contributed by atoms with Gasteiger partial charge in [0.2, 0.25) is 0 Å². The van der Waals surface area contributed by atoms with E-state index in [1.54, 1.807) is 14.2 Å². The molecule has 0 spiro atoms. The summed E-state index contributed by atoms with van der Waals surface area (Å²) in [4.78, 5) is 11.6. The van der Waals surface area contributed by atoms with Gasteiger partial charge in [-0.15, -0.1) is 18.8 Å². The van der Waals surface area contributed by atoms with Crippen LogP contribution in [-0.2, 0) is 4.84 Å². The number of methoxy groups -OCH3 is 2. The van der Waals surface area contributed by atoms with Gasteiger partial charge in [0.25, 0.3) is 0 Å². The van der Waals surface area contributed by atoms with Crippen LogP contribution in [0.5, 0.6) is 17.2 Å². The average Bonchev–Trinajstić information content (AvgIpc) is 3.39. The maximum absolute atomic E-state index is 6.02. The third-order valence-corrected chi connectivity index (χ3v) is 6.39. The SMILES string of the molecule is C#CC(CCCCC)ON=C1c2cc(OC)c(OC)cc2-c2[nH]c3ccc(OCCN(C)C)cc3c21.Cl. The Morgan fingerprint density at radius 3 is 2.43 bits per heavy atom. The minimum absolute atomic E-state index is 0. The molecule has 0 saturated carbocycles. The molecule has 0 fully saturated rings. The Bertz CT molecular complexity index is 1290. The van der Waals surface area contributed by atoms with Crippen LogP contribution in [0.4, 0.5) is 0 Å². The first-order valence-corrected chi connectivity index (χ1v) is 12.4. The van der Waals surface area contributed by atoms with E-state index in [2.05, 4.69) is 34.0 Å². The Kier molecular flexibility index (Phi) is 9.73. The molecule has 37 heavy (non-hydrogen) atoms. The lowest BCUT2D eigenvalue weighted by atomic mass is 10.1. The smallest absolute Gasteiger partial charge is 0.187 e. The first kappa shape index (κ1) is 28.2. The Balaban J connectivity index is 0.00000380. The molecule has 1 unspecified atom stereocenters. The molecular formula is C29H36ClN3O4. The van der Waals surface area contributed by atoms with Gasteiger partial charge in [-0.05, 0) is 57.3 Å². The van der Waals surface area contributed by atoms with E-state index in [9.17, 15) is 0 Å². The van der Waals surface area contributed by atoms with Gasteiger partial charge in [0.05, 0.1) is 19.9 Å². The van der Waals surface area contributed by atoms with E-state index in [-0.39, 0.29) is 18.5 Å². The number of ether oxygens (including phenoxy) is 3. The summed E-state index contributed by atoms with van der Waals surface area (Å²) in [5.41, 5.74) is 5.49. The number of rotatable bonds is 12. The van der Waals surface area contributed by atoms with Crippen LogP contribution in [-0.4, -0.2) is 63.2 Å². The molecule has 3 aromatic rings. The van der Waals surface area contributed by atoms with Gasteiger partial charge in [0, 0.05) is 34.1 Å². The van der Waals surface area contributed by atoms with Gasteiger partial charge in [-0.1, -0.05) is 30.8 Å². The molecule has 1 aliphatic carbocycles. The minimum atomic E-state index is -0.383. The number of nitrogens with one attached hydrogen (secondary N) is 1. The third kappa shape index (κ3) is 5.98. The Labute approximate surface area is 225 Å². The normalized spacial score (nSPS) is 13.6. The first-order valence-electron chi connectivity index (χ1n) is 12.4. The molecule has 1 atom stereocenters. The molecule has 0 amide bonds. The number of likely N-dealkylation sites (N-methyl/N-ethyl adjacent to an activating group) is 1. The van der Waals surface area contributed by atoms with Crippen molar-refractivity contribution in [3.05, 3.63) is 41.5 Å². The number of oxime groups is 1. The van der Waals surface area contributed by atoms with Gasteiger partial charge in [-0.2, -0.15) is 0 Å². The van der Waals surface area contributed by atoms with Gasteiger partial charge in [0.15, 0.2) is 17.6 Å². The Hall–Kier alpha value is -3.34. The highest BCUT2D eigenvalue weighted by molar-refractivity contribution is 6.30. The quantitative estimate of drug-likeness (QED) is 0.142. The molecule has 0 radical (unpaired) electrons. The number of benzene rings is 2. The molecular weight excluding hydrogens is 490 g/mol. The zero-order valence-electron chi connectivity index (χ0n) is 22.2. The van der Waals surface area contributed by atoms with Crippen LogP contribution in [0.3, 0.4) is 0 Å². The largest absolute Gasteiger partial charge is 0.493 e. The van der Waals surface area contributed by atoms with E-state index < -0.39 is 0 Å². The van der Waals surface area contributed by atoms with Crippen LogP contribution >= 0.6 is 12.4 Å². The number of H-pyrrole nitrogens is 1. The molecule has 4 rings (SSSR count). The fourth-order valence-electron chi connectivity index (χ4n) is 4.43. The van der Waals surface area contributed by atoms with E-state index in [0.717, 1.165) is 71.3 Å². The Morgan fingerprint density at radius 2 is 1.78 bits per heavy atom. The summed E-state index contributed by atoms with van der Waals surface area (Å²) in [6, 6.07) is 9.98. The lowest BCUT2D eigenvalue weighted by molar-refractivity contribution is 0.0916. The van der Waals surface area contributed by atoms with Crippen molar-refractivity contribution >= 4 is 29.0 Å². The second-order valence-electron chi connectivity index (χ2n) is 9.18. The van der Waals surface area contributed by atoms with E-state index in [0.29, 0.717) is 23.8 Å². The van der Waals surface area contributed by atoms with Crippen LogP contribution < -0.4 is 14.2 Å². The topological polar surface area (TPSA) is 68.3 Å². The van der Waals surface area contributed by atoms with Crippen LogP contribution in [0.2, 0.25) is 0 Å². The molecule has 2 aromatic carbocycles. The van der Waals surface area contributed by atoms with Crippen molar-refractivity contribution in [2.45, 2.75) is 38.7 Å². The van der Waals surface area contributed by atoms with E-state index >= 15 is 0 Å². The van der Waals surface area contributed by atoms with Crippen LogP contribution in [0.1, 0.15) is 43.7 Å². The Morgan fingerprint density at radius 1 is 1.05 bits per heavy atom. The number of aromatic amines is 1. The van der Waals surface area contributed by atoms with Crippen LogP contribution in [0, 0.1) is 12.3 Å². The lowest BCUT2D eigenvalue weighted by Crippen LogP contribution is -2.19. The van der Waals surface area contributed by atoms with Gasteiger partial charge < -0.3 is 28.9 Å². The van der Waals surface area contributed by atoms with E-state index in [1.807, 2.05) is 38.4 Å². The van der Waals surface area contributed by atoms with Crippen molar-refractivity contribution in [2.24, 2.45) is 5.16 Å². The zero-order valence-corrected chi connectivity index (χ0v) is 23.0. The van der Waals surface area contributed by atoms with Crippen molar-refractivity contribution in [1.82, 2.24) is 9.88 Å². The predicted molar refractivity (Wildman–Crippen MR) is 152 cm³/mol. The number of halogens is 1. The number of terminal acetylenes is 1. The summed E-state index contributed by atoms with van der Waals surface area (Å²) in [6.07, 6.45) is 9.39. The second kappa shape index (κ2) is 12.8. The third-order valence-electron chi connectivity index (χ3n) is 6.39. The molecule has 198 valence electrons. The van der Waals surface area contributed by atoms with Gasteiger partial charge in [-0.25, -0.2) is 0 Å². The van der Waals surface area contributed by atoms with Crippen molar-refractivity contribution < 1.29 is 19.0 Å². The molecule has 0 aliphatic heterocycles. The average molecular weight is 526 g/mol. The van der Waals surface area contributed by atoms with Gasteiger partial charge in [-0.3, -0.25) is 0 Å². The molecule has 0 bridgehead atoms. The number of aromatic nitrogens is 1. The number of nitrogens with zero attached hydrogens (tertiary/aromatic N) is 2. The lowest BCUT2D eigenvalue weighted by Gasteiger charge is -2.13. The fraction of sp³-hybridized carbons (Fsp3) is 0.414. The predicted octanol–water partition coefficient (Wildman–Crippen LogP) is 5.88. The summed E-state index contributed by atoms with van der Waals surface area (Å²) < 4.78 is 17.2. The molecule has 0 saturated heterocycles. The maximum Gasteiger partial charge on any atom is 0.187 e. The first-order chi connectivity index (χ1) is 17.5. The highest BCUT2D eigenvalue weighted by Gasteiger charge is 2.32. The summed E-state index contributed by atoms with van der Waals surface area (Å²) >= 11 is 0. The van der Waals surface area contributed by atoms with Crippen molar-refractivity contribution in [3.8, 4) is 40.8 Å². The fourth-order valence-corrected chi connectivity index (χ4v) is 4.43. The maximum atomic E-state index is 6.02. The van der Waals surface area contributed by atoms with E-state index in [1.165, 1.54) is 0 Å². The second-order valence-corrected chi connectivity index (χ2v) is 9.18. The number of fused-ring (bicyclic) bond motifs is 5. The number of hydrogen-bond donors (Lipinski definition) is 1. The van der Waals surface area contributed by atoms with E-state index in [4.69, 9.17) is 25.5 Å². The van der Waals surface area contributed by atoms with Crippen LogP contribution in [0.15, 0.2) is 35.5 Å². The van der Waals surface area contributed by atoms with Crippen molar-refractivity contribution in [1.29, 1.82) is 0 Å². The standard InChI is InChI=1S/C29H35N3O4.ClH/c1-7-9-10-11-19(8-2)36-31-29-22-18-26(34-6)25(33-5)17-21(22)28-27(29)23-16-20(12-13-24(23)30-28)35-15-14-32(3)4;/h2,12-13,16-19,30H,7,9-11,14-15H2,1,3-6H3;1H. The van der Waals surface area contributed by atoms with Crippen molar-refractivity contribution in [2.75, 3.05) is 41.5 Å². The number of hydrogen-bond acceptors (Lipinski definition) is 6. The van der Waals surface area contributed by atoms with Crippen LogP contribution in [0.25, 0.3) is 22.2 Å². The molecule has 1 aromatic heterocycles. The minimum Gasteiger partial charge on any atom is -0.493 e. The highest BCUT2D eigenvalue weighted by Crippen LogP contribution is 2.46. The number of unbranched alkanes of at least 4 members (excludes halogenated alkanes) is 2.